The lowest BCUT2D eigenvalue weighted by Crippen LogP contribution is -2.60. The van der Waals surface area contributed by atoms with E-state index >= 15 is 0 Å². The van der Waals surface area contributed by atoms with Crippen LogP contribution in [0, 0.1) is 5.82 Å². The molecule has 0 radical (unpaired) electrons. The molecule has 1 heterocycles. The number of nitrogens with zero attached hydrogens (tertiary/aromatic N) is 1. The van der Waals surface area contributed by atoms with Crippen LogP contribution in [-0.4, -0.2) is 35.9 Å². The predicted octanol–water partition coefficient (Wildman–Crippen LogP) is 5.62. The van der Waals surface area contributed by atoms with Gasteiger partial charge in [-0.25, -0.2) is 12.8 Å². The van der Waals surface area contributed by atoms with Gasteiger partial charge in [-0.2, -0.15) is 0 Å². The van der Waals surface area contributed by atoms with Crippen molar-refractivity contribution in [1.82, 2.24) is 0 Å². The van der Waals surface area contributed by atoms with Gasteiger partial charge in [-0.3, -0.25) is 0 Å². The first-order valence-corrected chi connectivity index (χ1v) is 14.8. The highest BCUT2D eigenvalue weighted by atomic mass is 32.2. The topological polar surface area (TPSA) is 72.6 Å². The molecule has 1 aliphatic heterocycles. The second-order valence-electron chi connectivity index (χ2n) is 9.65. The summed E-state index contributed by atoms with van der Waals surface area (Å²) in [5.41, 5.74) is 7.79. The van der Waals surface area contributed by atoms with E-state index < -0.39 is 24.0 Å². The van der Waals surface area contributed by atoms with Gasteiger partial charge in [0.05, 0.1) is 21.6 Å². The third-order valence-corrected chi connectivity index (χ3v) is 14.6. The van der Waals surface area contributed by atoms with Crippen molar-refractivity contribution >= 4 is 29.5 Å². The first kappa shape index (κ1) is 24.7. The molecule has 0 atom stereocenters. The molecular weight excluding hydrogens is 443 g/mol. The van der Waals surface area contributed by atoms with E-state index in [1.165, 1.54) is 18.2 Å². The molecule has 0 aliphatic carbocycles. The van der Waals surface area contributed by atoms with Crippen LogP contribution in [0.4, 0.5) is 15.8 Å². The van der Waals surface area contributed by atoms with E-state index in [1.807, 2.05) is 6.07 Å². The standard InChI is InChI=1S/C24H35FN2O3SSi/c1-16(2)32(17(3)4,18(5)6)30-20-14-27(15-20)19-8-7-9-21(12-19)31(28,29)22-10-11-24(26)23(25)13-22/h7-13,16-18,20H,14-15,26H2,1-6H3. The number of nitrogen functional groups attached to an aromatic ring is 1. The third kappa shape index (κ3) is 4.45. The maximum Gasteiger partial charge on any atom is 0.206 e. The largest absolute Gasteiger partial charge is 0.410 e. The van der Waals surface area contributed by atoms with E-state index in [4.69, 9.17) is 10.2 Å². The second-order valence-corrected chi connectivity index (χ2v) is 17.0. The Labute approximate surface area is 192 Å². The fourth-order valence-corrected chi connectivity index (χ4v) is 11.9. The van der Waals surface area contributed by atoms with Crippen LogP contribution in [0.5, 0.6) is 0 Å². The van der Waals surface area contributed by atoms with E-state index in [1.54, 1.807) is 12.1 Å². The van der Waals surface area contributed by atoms with Gasteiger partial charge in [0, 0.05) is 18.8 Å². The van der Waals surface area contributed by atoms with Crippen LogP contribution in [0.1, 0.15) is 41.5 Å². The van der Waals surface area contributed by atoms with Gasteiger partial charge in [-0.05, 0) is 53.0 Å². The molecule has 0 saturated carbocycles. The Bertz CT molecular complexity index is 1040. The highest BCUT2D eigenvalue weighted by molar-refractivity contribution is 7.91. The fraction of sp³-hybridized carbons (Fsp3) is 0.500. The highest BCUT2D eigenvalue weighted by Gasteiger charge is 2.48. The van der Waals surface area contributed by atoms with Gasteiger partial charge >= 0.3 is 0 Å². The van der Waals surface area contributed by atoms with Gasteiger partial charge < -0.3 is 15.1 Å². The zero-order chi connectivity index (χ0) is 23.8. The van der Waals surface area contributed by atoms with Crippen LogP contribution in [0.2, 0.25) is 16.6 Å². The smallest absolute Gasteiger partial charge is 0.206 e. The summed E-state index contributed by atoms with van der Waals surface area (Å²) < 4.78 is 46.7. The molecule has 8 heteroatoms. The van der Waals surface area contributed by atoms with Crippen LogP contribution in [0.15, 0.2) is 52.3 Å². The number of benzene rings is 2. The third-order valence-electron chi connectivity index (χ3n) is 6.70. The number of anilines is 2. The van der Waals surface area contributed by atoms with Gasteiger partial charge in [0.2, 0.25) is 18.2 Å². The summed E-state index contributed by atoms with van der Waals surface area (Å²) in [6.45, 7) is 15.1. The number of halogens is 1. The Morgan fingerprint density at radius 1 is 0.969 bits per heavy atom. The van der Waals surface area contributed by atoms with Crippen LogP contribution in [0.25, 0.3) is 0 Å². The van der Waals surface area contributed by atoms with E-state index in [0.717, 1.165) is 24.8 Å². The zero-order valence-electron chi connectivity index (χ0n) is 19.8. The normalized spacial score (nSPS) is 15.6. The summed E-state index contributed by atoms with van der Waals surface area (Å²) in [5, 5.41) is 0. The van der Waals surface area contributed by atoms with Crippen LogP contribution in [-0.2, 0) is 14.3 Å². The summed E-state index contributed by atoms with van der Waals surface area (Å²) in [6.07, 6.45) is 0.153. The van der Waals surface area contributed by atoms with Crippen LogP contribution >= 0.6 is 0 Å². The highest BCUT2D eigenvalue weighted by Crippen LogP contribution is 2.44. The quantitative estimate of drug-likeness (QED) is 0.394. The second kappa shape index (κ2) is 9.15. The minimum atomic E-state index is -3.84. The van der Waals surface area contributed by atoms with Crippen LogP contribution < -0.4 is 10.6 Å². The molecule has 0 unspecified atom stereocenters. The predicted molar refractivity (Wildman–Crippen MR) is 131 cm³/mol. The minimum Gasteiger partial charge on any atom is -0.410 e. The van der Waals surface area contributed by atoms with Gasteiger partial charge in [0.25, 0.3) is 0 Å². The first-order valence-electron chi connectivity index (χ1n) is 11.2. The molecule has 1 saturated heterocycles. The van der Waals surface area contributed by atoms with Crippen molar-refractivity contribution < 1.29 is 17.2 Å². The first-order chi connectivity index (χ1) is 14.9. The zero-order valence-corrected chi connectivity index (χ0v) is 21.6. The molecule has 1 aliphatic rings. The van der Waals surface area contributed by atoms with Crippen molar-refractivity contribution in [2.45, 2.75) is 74.1 Å². The molecular formula is C24H35FN2O3SSi. The molecule has 176 valence electrons. The summed E-state index contributed by atoms with van der Waals surface area (Å²) >= 11 is 0. The van der Waals surface area contributed by atoms with Gasteiger partial charge in [0.15, 0.2) is 0 Å². The van der Waals surface area contributed by atoms with Crippen molar-refractivity contribution in [2.24, 2.45) is 0 Å². The Morgan fingerprint density at radius 2 is 1.53 bits per heavy atom. The van der Waals surface area contributed by atoms with E-state index in [2.05, 4.69) is 46.4 Å². The van der Waals surface area contributed by atoms with Crippen molar-refractivity contribution in [2.75, 3.05) is 23.7 Å². The SMILES string of the molecule is CC(C)[Si](OC1CN(c2cccc(S(=O)(=O)c3ccc(N)c(F)c3)c2)C1)(C(C)C)C(C)C. The van der Waals surface area contributed by atoms with Crippen molar-refractivity contribution in [3.63, 3.8) is 0 Å². The van der Waals surface area contributed by atoms with Crippen molar-refractivity contribution in [3.8, 4) is 0 Å². The molecule has 0 amide bonds. The maximum absolute atomic E-state index is 13.8. The Kier molecular flexibility index (Phi) is 7.07. The molecule has 0 aromatic heterocycles. The summed E-state index contributed by atoms with van der Waals surface area (Å²) in [6, 6.07) is 10.4. The number of nitrogens with two attached hydrogens (primary N) is 1. The molecule has 2 aromatic carbocycles. The Balaban J connectivity index is 1.77. The van der Waals surface area contributed by atoms with Crippen molar-refractivity contribution in [3.05, 3.63) is 48.3 Å². The maximum atomic E-state index is 13.8. The van der Waals surface area contributed by atoms with Gasteiger partial charge in [-0.15, -0.1) is 0 Å². The fourth-order valence-electron chi connectivity index (χ4n) is 5.08. The van der Waals surface area contributed by atoms with E-state index in [-0.39, 0.29) is 21.6 Å². The summed E-state index contributed by atoms with van der Waals surface area (Å²) in [5.74, 6) is -0.738. The molecule has 32 heavy (non-hydrogen) atoms. The summed E-state index contributed by atoms with van der Waals surface area (Å²) in [4.78, 5) is 2.17. The number of sulfone groups is 1. The summed E-state index contributed by atoms with van der Waals surface area (Å²) in [7, 11) is -5.80. The van der Waals surface area contributed by atoms with Gasteiger partial charge in [-0.1, -0.05) is 47.6 Å². The Hall–Kier alpha value is -1.90. The molecule has 2 N–H and O–H groups in total. The van der Waals surface area contributed by atoms with Gasteiger partial charge in [0.1, 0.15) is 5.82 Å². The molecule has 2 aromatic rings. The lowest BCUT2D eigenvalue weighted by atomic mass is 10.1. The molecule has 0 spiro atoms. The van der Waals surface area contributed by atoms with E-state index in [0.29, 0.717) is 16.6 Å². The molecule has 3 rings (SSSR count). The molecule has 1 fully saturated rings. The lowest BCUT2D eigenvalue weighted by molar-refractivity contribution is 0.143. The lowest BCUT2D eigenvalue weighted by Gasteiger charge is -2.50. The van der Waals surface area contributed by atoms with Crippen LogP contribution in [0.3, 0.4) is 0 Å². The number of hydrogen-bond acceptors (Lipinski definition) is 5. The molecule has 5 nitrogen and oxygen atoms in total. The van der Waals surface area contributed by atoms with Crippen molar-refractivity contribution in [1.29, 1.82) is 0 Å². The van der Waals surface area contributed by atoms with E-state index in [9.17, 15) is 12.8 Å². The number of rotatable bonds is 8. The number of hydrogen-bond donors (Lipinski definition) is 1. The Morgan fingerprint density at radius 3 is 2.06 bits per heavy atom. The minimum absolute atomic E-state index is 0.0758. The molecule has 0 bridgehead atoms. The average molecular weight is 479 g/mol. The monoisotopic (exact) mass is 478 g/mol. The average Bonchev–Trinajstić information content (AvgIpc) is 2.68.